The van der Waals surface area contributed by atoms with E-state index >= 15 is 0 Å². The summed E-state index contributed by atoms with van der Waals surface area (Å²) in [6.45, 7) is 0. The number of nitrogens with two attached hydrogens (primary N) is 2. The number of rotatable bonds is 4. The molecular weight excluding hydrogens is 288 g/mol. The Morgan fingerprint density at radius 1 is 1.18 bits per heavy atom. The van der Waals surface area contributed by atoms with Crippen LogP contribution in [0.5, 0.6) is 11.5 Å². The second-order valence-electron chi connectivity index (χ2n) is 4.19. The lowest BCUT2D eigenvalue weighted by Crippen LogP contribution is -2.19. The molecule has 8 heteroatoms. The predicted octanol–water partition coefficient (Wildman–Crippen LogP) is 1.73. The Bertz CT molecular complexity index is 718. The number of pyridine rings is 1. The SMILES string of the molecule is CNc1ccc(Oc2ccnc(C(=O)OC(N)=O)c2)cc1N. The van der Waals surface area contributed by atoms with Crippen LogP contribution in [0.4, 0.5) is 16.2 Å². The highest BCUT2D eigenvalue weighted by atomic mass is 16.6. The first kappa shape index (κ1) is 15.1. The molecule has 0 fully saturated rings. The third-order valence-corrected chi connectivity index (χ3v) is 2.66. The number of aromatic nitrogens is 1. The van der Waals surface area contributed by atoms with Crippen LogP contribution in [-0.2, 0) is 4.74 Å². The van der Waals surface area contributed by atoms with Crippen LogP contribution >= 0.6 is 0 Å². The number of benzene rings is 1. The van der Waals surface area contributed by atoms with Gasteiger partial charge in [0.2, 0.25) is 0 Å². The summed E-state index contributed by atoms with van der Waals surface area (Å²) < 4.78 is 9.83. The van der Waals surface area contributed by atoms with Gasteiger partial charge in [0, 0.05) is 25.4 Å². The highest BCUT2D eigenvalue weighted by molar-refractivity contribution is 5.94. The van der Waals surface area contributed by atoms with Crippen LogP contribution in [0.25, 0.3) is 0 Å². The Morgan fingerprint density at radius 2 is 1.91 bits per heavy atom. The molecule has 0 radical (unpaired) electrons. The van der Waals surface area contributed by atoms with E-state index in [1.165, 1.54) is 12.3 Å². The van der Waals surface area contributed by atoms with Gasteiger partial charge in [0.15, 0.2) is 5.69 Å². The van der Waals surface area contributed by atoms with Crippen LogP contribution in [0.3, 0.4) is 0 Å². The topological polar surface area (TPSA) is 130 Å². The summed E-state index contributed by atoms with van der Waals surface area (Å²) in [4.78, 5) is 25.9. The van der Waals surface area contributed by atoms with Crippen LogP contribution in [0.2, 0.25) is 0 Å². The Morgan fingerprint density at radius 3 is 2.55 bits per heavy atom. The molecule has 1 aromatic heterocycles. The van der Waals surface area contributed by atoms with Crippen molar-refractivity contribution in [2.75, 3.05) is 18.1 Å². The van der Waals surface area contributed by atoms with Gasteiger partial charge in [-0.25, -0.2) is 14.6 Å². The van der Waals surface area contributed by atoms with Gasteiger partial charge in [-0.15, -0.1) is 0 Å². The Balaban J connectivity index is 2.18. The monoisotopic (exact) mass is 302 g/mol. The lowest BCUT2D eigenvalue weighted by molar-refractivity contribution is 0.0631. The molecule has 2 rings (SSSR count). The number of carbonyl (C=O) groups excluding carboxylic acids is 2. The Hall–Kier alpha value is -3.29. The molecule has 0 aliphatic carbocycles. The van der Waals surface area contributed by atoms with E-state index in [1.54, 1.807) is 31.3 Å². The van der Waals surface area contributed by atoms with Gasteiger partial charge in [0.25, 0.3) is 0 Å². The Kier molecular flexibility index (Phi) is 4.42. The quantitative estimate of drug-likeness (QED) is 0.445. The highest BCUT2D eigenvalue weighted by Crippen LogP contribution is 2.27. The fourth-order valence-electron chi connectivity index (χ4n) is 1.70. The number of nitrogens with one attached hydrogen (secondary N) is 1. The molecule has 0 unspecified atom stereocenters. The fourth-order valence-corrected chi connectivity index (χ4v) is 1.70. The number of primary amides is 1. The summed E-state index contributed by atoms with van der Waals surface area (Å²) in [5, 5.41) is 2.93. The van der Waals surface area contributed by atoms with Crippen LogP contribution in [0.1, 0.15) is 10.5 Å². The number of anilines is 2. The summed E-state index contributed by atoms with van der Waals surface area (Å²) in [7, 11) is 1.76. The third-order valence-electron chi connectivity index (χ3n) is 2.66. The molecule has 5 N–H and O–H groups in total. The molecule has 2 aromatic rings. The summed E-state index contributed by atoms with van der Waals surface area (Å²) in [5.41, 5.74) is 11.8. The molecule has 0 spiro atoms. The van der Waals surface area contributed by atoms with Gasteiger partial charge < -0.3 is 26.3 Å². The number of hydrogen-bond donors (Lipinski definition) is 3. The van der Waals surface area contributed by atoms with E-state index in [9.17, 15) is 9.59 Å². The average Bonchev–Trinajstić information content (AvgIpc) is 2.47. The second kappa shape index (κ2) is 6.44. The highest BCUT2D eigenvalue weighted by Gasteiger charge is 2.13. The van der Waals surface area contributed by atoms with E-state index in [4.69, 9.17) is 16.2 Å². The zero-order valence-electron chi connectivity index (χ0n) is 11.7. The van der Waals surface area contributed by atoms with E-state index in [0.717, 1.165) is 5.69 Å². The summed E-state index contributed by atoms with van der Waals surface area (Å²) in [6, 6.07) is 7.97. The fraction of sp³-hybridized carbons (Fsp3) is 0.0714. The first-order valence-corrected chi connectivity index (χ1v) is 6.22. The van der Waals surface area contributed by atoms with E-state index < -0.39 is 12.1 Å². The first-order chi connectivity index (χ1) is 10.5. The van der Waals surface area contributed by atoms with Gasteiger partial charge in [0.1, 0.15) is 11.5 Å². The van der Waals surface area contributed by atoms with Crippen LogP contribution in [0, 0.1) is 0 Å². The molecule has 0 aliphatic rings. The number of nitrogen functional groups attached to an aromatic ring is 1. The van der Waals surface area contributed by atoms with Crippen molar-refractivity contribution in [2.45, 2.75) is 0 Å². The van der Waals surface area contributed by atoms with Crippen molar-refractivity contribution in [3.8, 4) is 11.5 Å². The van der Waals surface area contributed by atoms with Gasteiger partial charge in [-0.1, -0.05) is 0 Å². The maximum absolute atomic E-state index is 11.5. The third kappa shape index (κ3) is 3.63. The molecule has 0 bridgehead atoms. The molecule has 8 nitrogen and oxygen atoms in total. The lowest BCUT2D eigenvalue weighted by atomic mass is 10.2. The van der Waals surface area contributed by atoms with Crippen LogP contribution in [0.15, 0.2) is 36.5 Å². The summed E-state index contributed by atoms with van der Waals surface area (Å²) in [6.07, 6.45) is 0.145. The number of nitrogens with zero attached hydrogens (tertiary/aromatic N) is 1. The smallest absolute Gasteiger partial charge is 0.412 e. The van der Waals surface area contributed by atoms with E-state index in [2.05, 4.69) is 15.0 Å². The standard InChI is InChI=1S/C14H14N4O4/c1-17-11-3-2-8(6-10(11)15)21-9-4-5-18-12(7-9)13(19)22-14(16)20/h2-7,17H,15H2,1H3,(H2,16,20). The number of hydrogen-bond acceptors (Lipinski definition) is 7. The zero-order chi connectivity index (χ0) is 16.1. The average molecular weight is 302 g/mol. The van der Waals surface area contributed by atoms with Gasteiger partial charge in [-0.2, -0.15) is 0 Å². The van der Waals surface area contributed by atoms with Crippen LogP contribution in [-0.4, -0.2) is 24.1 Å². The van der Waals surface area contributed by atoms with E-state index in [1.807, 2.05) is 0 Å². The number of ether oxygens (including phenoxy) is 2. The minimum Gasteiger partial charge on any atom is -0.457 e. The minimum absolute atomic E-state index is 0.101. The van der Waals surface area contributed by atoms with Gasteiger partial charge in [-0.05, 0) is 18.2 Å². The molecule has 0 saturated carbocycles. The molecule has 1 heterocycles. The van der Waals surface area contributed by atoms with Crippen molar-refractivity contribution in [1.82, 2.24) is 4.98 Å². The normalized spacial score (nSPS) is 9.86. The molecule has 22 heavy (non-hydrogen) atoms. The van der Waals surface area contributed by atoms with Crippen molar-refractivity contribution in [1.29, 1.82) is 0 Å². The maximum atomic E-state index is 11.5. The van der Waals surface area contributed by atoms with Crippen molar-refractivity contribution in [3.05, 3.63) is 42.2 Å². The number of carbonyl (C=O) groups is 2. The molecular formula is C14H14N4O4. The maximum Gasteiger partial charge on any atom is 0.412 e. The molecule has 0 aliphatic heterocycles. The minimum atomic E-state index is -1.20. The first-order valence-electron chi connectivity index (χ1n) is 6.22. The lowest BCUT2D eigenvalue weighted by Gasteiger charge is -2.09. The molecule has 1 amide bonds. The van der Waals surface area contributed by atoms with Gasteiger partial charge in [-0.3, -0.25) is 0 Å². The summed E-state index contributed by atoms with van der Waals surface area (Å²) >= 11 is 0. The number of amides is 1. The van der Waals surface area contributed by atoms with Crippen molar-refractivity contribution in [3.63, 3.8) is 0 Å². The molecule has 1 aromatic carbocycles. The Labute approximate surface area is 126 Å². The van der Waals surface area contributed by atoms with Crippen molar-refractivity contribution in [2.24, 2.45) is 5.73 Å². The largest absolute Gasteiger partial charge is 0.457 e. The zero-order valence-corrected chi connectivity index (χ0v) is 11.7. The second-order valence-corrected chi connectivity index (χ2v) is 4.19. The van der Waals surface area contributed by atoms with Crippen LogP contribution < -0.4 is 21.5 Å². The van der Waals surface area contributed by atoms with E-state index in [-0.39, 0.29) is 5.69 Å². The van der Waals surface area contributed by atoms with E-state index in [0.29, 0.717) is 17.2 Å². The predicted molar refractivity (Wildman–Crippen MR) is 79.7 cm³/mol. The molecule has 114 valence electrons. The van der Waals surface area contributed by atoms with Crippen molar-refractivity contribution < 1.29 is 19.1 Å². The van der Waals surface area contributed by atoms with Gasteiger partial charge in [0.05, 0.1) is 11.4 Å². The number of esters is 1. The van der Waals surface area contributed by atoms with Gasteiger partial charge >= 0.3 is 12.1 Å². The van der Waals surface area contributed by atoms with Crippen molar-refractivity contribution >= 4 is 23.4 Å². The molecule has 0 saturated heterocycles. The summed E-state index contributed by atoms with van der Waals surface area (Å²) in [5.74, 6) is -0.136. The molecule has 0 atom stereocenters.